The van der Waals surface area contributed by atoms with Crippen molar-refractivity contribution in [2.24, 2.45) is 17.3 Å². The summed E-state index contributed by atoms with van der Waals surface area (Å²) in [5.41, 5.74) is 0.794. The van der Waals surface area contributed by atoms with Crippen molar-refractivity contribution in [1.82, 2.24) is 8.01 Å². The van der Waals surface area contributed by atoms with E-state index in [4.69, 9.17) is 0 Å². The first kappa shape index (κ1) is 14.6. The van der Waals surface area contributed by atoms with Crippen LogP contribution in [-0.2, 0) is 0 Å². The van der Waals surface area contributed by atoms with E-state index in [0.717, 1.165) is 17.3 Å². The quantitative estimate of drug-likeness (QED) is 0.544. The second-order valence-corrected chi connectivity index (χ2v) is 8.70. The van der Waals surface area contributed by atoms with Gasteiger partial charge >= 0.3 is 0 Å². The van der Waals surface area contributed by atoms with Gasteiger partial charge in [-0.15, -0.1) is 0 Å². The van der Waals surface area contributed by atoms with Gasteiger partial charge in [-0.05, 0) is 68.9 Å². The molecule has 0 bridgehead atoms. The van der Waals surface area contributed by atoms with Crippen molar-refractivity contribution >= 4 is 22.9 Å². The predicted molar refractivity (Wildman–Crippen MR) is 89.4 cm³/mol. The van der Waals surface area contributed by atoms with E-state index in [0.29, 0.717) is 0 Å². The van der Waals surface area contributed by atoms with Crippen LogP contribution in [0.1, 0.15) is 51.9 Å². The highest BCUT2D eigenvalue weighted by molar-refractivity contribution is 14.1. The van der Waals surface area contributed by atoms with E-state index in [1.165, 1.54) is 64.8 Å². The van der Waals surface area contributed by atoms with Crippen molar-refractivity contribution in [3.63, 3.8) is 0 Å². The number of hydrogen-bond acceptors (Lipinski definition) is 2. The van der Waals surface area contributed by atoms with Gasteiger partial charge in [0, 0.05) is 42.5 Å². The highest BCUT2D eigenvalue weighted by Gasteiger charge is 2.44. The normalized spacial score (nSPS) is 30.6. The summed E-state index contributed by atoms with van der Waals surface area (Å²) in [6.45, 7) is 9.15. The third-order valence-electron chi connectivity index (χ3n) is 6.01. The van der Waals surface area contributed by atoms with Crippen molar-refractivity contribution in [3.8, 4) is 0 Å². The van der Waals surface area contributed by atoms with Gasteiger partial charge in [-0.25, -0.2) is 3.11 Å². The summed E-state index contributed by atoms with van der Waals surface area (Å²) < 4.78 is 2.46. The second-order valence-electron chi connectivity index (χ2n) is 7.34. The first-order chi connectivity index (χ1) is 9.19. The fourth-order valence-electron chi connectivity index (χ4n) is 4.52. The minimum absolute atomic E-state index is 0.794. The van der Waals surface area contributed by atoms with Gasteiger partial charge in [0.2, 0.25) is 0 Å². The van der Waals surface area contributed by atoms with Crippen LogP contribution in [0, 0.1) is 17.3 Å². The van der Waals surface area contributed by atoms with E-state index in [1.54, 1.807) is 12.8 Å². The fraction of sp³-hybridized carbons (Fsp3) is 1.00. The Bertz CT molecular complexity index is 283. The zero-order valence-corrected chi connectivity index (χ0v) is 14.6. The molecule has 19 heavy (non-hydrogen) atoms. The van der Waals surface area contributed by atoms with Crippen molar-refractivity contribution in [1.29, 1.82) is 0 Å². The lowest BCUT2D eigenvalue weighted by atomic mass is 9.57. The van der Waals surface area contributed by atoms with Crippen LogP contribution in [0.5, 0.6) is 0 Å². The topological polar surface area (TPSA) is 6.48 Å². The van der Waals surface area contributed by atoms with Crippen molar-refractivity contribution < 1.29 is 0 Å². The van der Waals surface area contributed by atoms with Crippen molar-refractivity contribution in [2.45, 2.75) is 51.9 Å². The largest absolute Gasteiger partial charge is 0.303 e. The van der Waals surface area contributed by atoms with E-state index >= 15 is 0 Å². The molecule has 1 spiro atoms. The van der Waals surface area contributed by atoms with Crippen molar-refractivity contribution in [3.05, 3.63) is 0 Å². The molecule has 0 atom stereocenters. The standard InChI is InChI=1S/C16H29IN2/c1-2-14-11-16(12-14)5-9-18(10-6-16)13-15-3-7-19(17)8-4-15/h14-15H,2-13H2,1H3. The Kier molecular flexibility index (Phi) is 4.75. The van der Waals surface area contributed by atoms with E-state index in [9.17, 15) is 0 Å². The molecule has 1 aliphatic carbocycles. The minimum atomic E-state index is 0.794. The Morgan fingerprint density at radius 3 is 2.21 bits per heavy atom. The highest BCUT2D eigenvalue weighted by Crippen LogP contribution is 2.53. The molecule has 3 aliphatic rings. The Morgan fingerprint density at radius 2 is 1.63 bits per heavy atom. The summed E-state index contributed by atoms with van der Waals surface area (Å²) in [6, 6.07) is 0. The molecule has 0 aromatic carbocycles. The number of hydrogen-bond donors (Lipinski definition) is 0. The SMILES string of the molecule is CCC1CC2(CCN(CC3CCN(I)CC3)CC2)C1. The van der Waals surface area contributed by atoms with Gasteiger partial charge in [-0.3, -0.25) is 0 Å². The van der Waals surface area contributed by atoms with Crippen LogP contribution in [0.2, 0.25) is 0 Å². The molecule has 0 N–H and O–H groups in total. The summed E-state index contributed by atoms with van der Waals surface area (Å²) in [5.74, 6) is 2.05. The lowest BCUT2D eigenvalue weighted by molar-refractivity contribution is -0.0188. The van der Waals surface area contributed by atoms with Crippen LogP contribution in [0.15, 0.2) is 0 Å². The molecule has 2 aliphatic heterocycles. The smallest absolute Gasteiger partial charge is 0.0201 e. The van der Waals surface area contributed by atoms with Gasteiger partial charge in [-0.2, -0.15) is 0 Å². The maximum Gasteiger partial charge on any atom is 0.0201 e. The van der Waals surface area contributed by atoms with E-state index < -0.39 is 0 Å². The van der Waals surface area contributed by atoms with Crippen LogP contribution in [0.3, 0.4) is 0 Å². The number of halogens is 1. The Labute approximate surface area is 132 Å². The van der Waals surface area contributed by atoms with Gasteiger partial charge in [0.25, 0.3) is 0 Å². The average Bonchev–Trinajstić information content (AvgIpc) is 2.40. The van der Waals surface area contributed by atoms with Crippen LogP contribution in [-0.4, -0.2) is 40.7 Å². The zero-order chi connectivity index (χ0) is 13.3. The maximum atomic E-state index is 2.78. The van der Waals surface area contributed by atoms with Gasteiger partial charge in [-0.1, -0.05) is 13.3 Å². The first-order valence-electron chi connectivity index (χ1n) is 8.32. The lowest BCUT2D eigenvalue weighted by Gasteiger charge is -2.52. The third-order valence-corrected chi connectivity index (χ3v) is 6.98. The number of nitrogens with zero attached hydrogens (tertiary/aromatic N) is 2. The summed E-state index contributed by atoms with van der Waals surface area (Å²) in [6.07, 6.45) is 10.3. The molecular formula is C16H29IN2. The molecule has 3 fully saturated rings. The molecule has 2 saturated heterocycles. The molecule has 3 heteroatoms. The van der Waals surface area contributed by atoms with Crippen LogP contribution in [0.4, 0.5) is 0 Å². The first-order valence-corrected chi connectivity index (χ1v) is 9.29. The Balaban J connectivity index is 1.39. The molecule has 3 rings (SSSR count). The zero-order valence-electron chi connectivity index (χ0n) is 12.4. The van der Waals surface area contributed by atoms with Crippen LogP contribution in [0.25, 0.3) is 0 Å². The molecular weight excluding hydrogens is 347 g/mol. The third kappa shape index (κ3) is 3.46. The number of rotatable bonds is 3. The summed E-state index contributed by atoms with van der Waals surface area (Å²) in [4.78, 5) is 2.78. The van der Waals surface area contributed by atoms with Gasteiger partial charge in [0.1, 0.15) is 0 Å². The molecule has 0 radical (unpaired) electrons. The predicted octanol–water partition coefficient (Wildman–Crippen LogP) is 3.95. The van der Waals surface area contributed by atoms with Gasteiger partial charge < -0.3 is 4.90 Å². The molecule has 2 heterocycles. The molecule has 110 valence electrons. The van der Waals surface area contributed by atoms with E-state index in [1.807, 2.05) is 0 Å². The van der Waals surface area contributed by atoms with Gasteiger partial charge in [0.15, 0.2) is 0 Å². The summed E-state index contributed by atoms with van der Waals surface area (Å²) >= 11 is 2.48. The average molecular weight is 376 g/mol. The molecule has 2 nitrogen and oxygen atoms in total. The second kappa shape index (κ2) is 6.18. The minimum Gasteiger partial charge on any atom is -0.303 e. The molecule has 0 aromatic rings. The molecule has 0 unspecified atom stereocenters. The highest BCUT2D eigenvalue weighted by atomic mass is 127. The fourth-order valence-corrected chi connectivity index (χ4v) is 5.08. The van der Waals surface area contributed by atoms with E-state index in [-0.39, 0.29) is 0 Å². The molecule has 1 saturated carbocycles. The van der Waals surface area contributed by atoms with Crippen LogP contribution < -0.4 is 0 Å². The molecule has 0 amide bonds. The summed E-state index contributed by atoms with van der Waals surface area (Å²) in [5, 5.41) is 0. The Hall–Kier alpha value is 0.650. The maximum absolute atomic E-state index is 2.78. The van der Waals surface area contributed by atoms with Crippen LogP contribution >= 0.6 is 22.9 Å². The van der Waals surface area contributed by atoms with Crippen molar-refractivity contribution in [2.75, 3.05) is 32.7 Å². The number of piperidine rings is 2. The van der Waals surface area contributed by atoms with E-state index in [2.05, 4.69) is 37.8 Å². The lowest BCUT2D eigenvalue weighted by Crippen LogP contribution is -2.48. The number of likely N-dealkylation sites (tertiary alicyclic amines) is 1. The summed E-state index contributed by atoms with van der Waals surface area (Å²) in [7, 11) is 0. The monoisotopic (exact) mass is 376 g/mol. The molecule has 0 aromatic heterocycles. The Morgan fingerprint density at radius 1 is 1.00 bits per heavy atom. The van der Waals surface area contributed by atoms with Gasteiger partial charge in [0.05, 0.1) is 0 Å².